The molecule has 2 N–H and O–H groups in total. The molecular formula is C26H23N3O5S. The van der Waals surface area contributed by atoms with E-state index in [1.54, 1.807) is 24.3 Å². The first-order valence-electron chi connectivity index (χ1n) is 11.1. The molecule has 1 saturated carbocycles. The summed E-state index contributed by atoms with van der Waals surface area (Å²) < 4.78 is 32.9. The summed E-state index contributed by atoms with van der Waals surface area (Å²) in [6.07, 6.45) is 8.03. The molecule has 0 saturated heterocycles. The smallest absolute Gasteiger partial charge is 0.181 e. The van der Waals surface area contributed by atoms with Gasteiger partial charge in [0, 0.05) is 24.4 Å². The number of rotatable bonds is 3. The molecule has 0 spiro atoms. The monoisotopic (exact) mass is 489 g/mol. The first-order valence-corrected chi connectivity index (χ1v) is 13.1. The Bertz CT molecular complexity index is 1450. The van der Waals surface area contributed by atoms with Crippen molar-refractivity contribution in [1.82, 2.24) is 4.98 Å². The minimum atomic E-state index is -3.91. The van der Waals surface area contributed by atoms with E-state index in [4.69, 9.17) is 4.74 Å². The molecule has 1 aliphatic heterocycles. The largest absolute Gasteiger partial charge is 0.477 e. The number of hydrogen-bond acceptors (Lipinski definition) is 8. The van der Waals surface area contributed by atoms with Gasteiger partial charge < -0.3 is 14.9 Å². The van der Waals surface area contributed by atoms with Gasteiger partial charge in [-0.05, 0) is 29.5 Å². The van der Waals surface area contributed by atoms with Crippen molar-refractivity contribution in [3.63, 3.8) is 0 Å². The van der Waals surface area contributed by atoms with Gasteiger partial charge in [-0.2, -0.15) is 10.5 Å². The summed E-state index contributed by atoms with van der Waals surface area (Å²) in [7, 11) is -3.91. The highest BCUT2D eigenvalue weighted by Gasteiger charge is 2.79. The molecule has 1 fully saturated rings. The molecule has 2 unspecified atom stereocenters. The van der Waals surface area contributed by atoms with Crippen molar-refractivity contribution in [3.8, 4) is 17.9 Å². The lowest BCUT2D eigenvalue weighted by Crippen LogP contribution is -2.54. The molecule has 2 aromatic rings. The fraction of sp³-hybridized carbons (Fsp3) is 0.346. The molecule has 35 heavy (non-hydrogen) atoms. The second-order valence-electron chi connectivity index (χ2n) is 9.45. The molecule has 9 heteroatoms. The van der Waals surface area contributed by atoms with E-state index < -0.39 is 44.2 Å². The van der Waals surface area contributed by atoms with Crippen molar-refractivity contribution in [1.29, 1.82) is 10.5 Å². The van der Waals surface area contributed by atoms with Crippen molar-refractivity contribution in [3.05, 3.63) is 83.2 Å². The number of aliphatic hydroxyl groups is 2. The normalized spacial score (nSPS) is 35.0. The van der Waals surface area contributed by atoms with Crippen molar-refractivity contribution in [2.45, 2.75) is 29.5 Å². The lowest BCUT2D eigenvalue weighted by atomic mass is 9.67. The first-order chi connectivity index (χ1) is 16.6. The number of benzene rings is 1. The van der Waals surface area contributed by atoms with Crippen LogP contribution in [0.1, 0.15) is 29.3 Å². The molecule has 2 heterocycles. The number of aromatic nitrogens is 1. The van der Waals surface area contributed by atoms with Crippen LogP contribution < -0.4 is 4.74 Å². The van der Waals surface area contributed by atoms with E-state index in [9.17, 15) is 29.2 Å². The number of aliphatic hydroxyl groups excluding tert-OH is 1. The van der Waals surface area contributed by atoms with Crippen LogP contribution in [0.5, 0.6) is 5.75 Å². The van der Waals surface area contributed by atoms with E-state index >= 15 is 0 Å². The number of fused-ring (bicyclic) bond motifs is 3. The van der Waals surface area contributed by atoms with E-state index in [1.165, 1.54) is 12.3 Å². The third-order valence-corrected chi connectivity index (χ3v) is 9.10. The fourth-order valence-corrected chi connectivity index (χ4v) is 7.65. The van der Waals surface area contributed by atoms with Gasteiger partial charge in [-0.25, -0.2) is 8.42 Å². The number of nitriles is 2. The van der Waals surface area contributed by atoms with Crippen LogP contribution in [0, 0.1) is 40.4 Å². The summed E-state index contributed by atoms with van der Waals surface area (Å²) in [5, 5.41) is 41.3. The van der Waals surface area contributed by atoms with Crippen LogP contribution in [-0.2, 0) is 21.0 Å². The molecule has 5 rings (SSSR count). The number of pyridine rings is 1. The topological polar surface area (TPSA) is 144 Å². The highest BCUT2D eigenvalue weighted by Crippen LogP contribution is 2.66. The molecule has 178 valence electrons. The molecule has 1 aromatic heterocycles. The van der Waals surface area contributed by atoms with Gasteiger partial charge in [0.2, 0.25) is 0 Å². The van der Waals surface area contributed by atoms with Crippen LogP contribution in [0.15, 0.2) is 60.8 Å². The van der Waals surface area contributed by atoms with Gasteiger partial charge >= 0.3 is 0 Å². The summed E-state index contributed by atoms with van der Waals surface area (Å²) >= 11 is 0. The molecular weight excluding hydrogens is 466 g/mol. The SMILES string of the molecule is CC1C=CC=CC1[C@@H]1[C@@H](S(C)(=O)=O)[C@@H](O)[C@@]2(O)c3ncc(C#N)cc3O[C@@]12c1ccc(C#N)cc1. The Morgan fingerprint density at radius 3 is 2.34 bits per heavy atom. The van der Waals surface area contributed by atoms with Gasteiger partial charge in [0.15, 0.2) is 21.0 Å². The maximum Gasteiger partial charge on any atom is 0.181 e. The zero-order valence-electron chi connectivity index (χ0n) is 19.0. The van der Waals surface area contributed by atoms with E-state index in [2.05, 4.69) is 11.1 Å². The summed E-state index contributed by atoms with van der Waals surface area (Å²) in [4.78, 5) is 4.28. The Balaban J connectivity index is 1.87. The van der Waals surface area contributed by atoms with Crippen LogP contribution in [0.2, 0.25) is 0 Å². The van der Waals surface area contributed by atoms with Crippen LogP contribution in [0.3, 0.4) is 0 Å². The predicted octanol–water partition coefficient (Wildman–Crippen LogP) is 2.08. The lowest BCUT2D eigenvalue weighted by molar-refractivity contribution is -0.162. The van der Waals surface area contributed by atoms with Gasteiger partial charge in [-0.15, -0.1) is 0 Å². The minimum Gasteiger partial charge on any atom is -0.477 e. The highest BCUT2D eigenvalue weighted by atomic mass is 32.2. The Hall–Kier alpha value is -3.50. The predicted molar refractivity (Wildman–Crippen MR) is 125 cm³/mol. The van der Waals surface area contributed by atoms with E-state index in [-0.39, 0.29) is 22.9 Å². The van der Waals surface area contributed by atoms with Crippen LogP contribution in [-0.4, -0.2) is 41.2 Å². The molecule has 2 aliphatic carbocycles. The van der Waals surface area contributed by atoms with E-state index in [0.717, 1.165) is 6.26 Å². The summed E-state index contributed by atoms with van der Waals surface area (Å²) in [5.41, 5.74) is -3.04. The highest BCUT2D eigenvalue weighted by molar-refractivity contribution is 7.91. The van der Waals surface area contributed by atoms with Gasteiger partial charge in [-0.1, -0.05) is 43.4 Å². The second kappa shape index (κ2) is 7.76. The maximum absolute atomic E-state index is 13.2. The van der Waals surface area contributed by atoms with Crippen molar-refractivity contribution in [2.24, 2.45) is 17.8 Å². The third-order valence-electron chi connectivity index (χ3n) is 7.56. The standard InChI is InChI=1S/C26H23N3O5S/c1-15-5-3-4-6-19(15)21-22(35(2,32)33)24(30)25(31)23-20(11-17(13-28)14-29-23)34-26(21,25)18-9-7-16(12-27)8-10-18/h3-11,14-15,19,21-22,24,30-31H,1-2H3/t15?,19?,21-,22-,24-,25+,26+/m1/s1. The van der Waals surface area contributed by atoms with E-state index in [0.29, 0.717) is 11.1 Å². The Kier molecular flexibility index (Phi) is 5.15. The zero-order valence-corrected chi connectivity index (χ0v) is 19.8. The summed E-state index contributed by atoms with van der Waals surface area (Å²) in [6.45, 7) is 1.94. The molecule has 0 bridgehead atoms. The van der Waals surface area contributed by atoms with Crippen molar-refractivity contribution < 1.29 is 23.4 Å². The Morgan fingerprint density at radius 2 is 1.74 bits per heavy atom. The van der Waals surface area contributed by atoms with Gasteiger partial charge in [0.1, 0.15) is 23.6 Å². The maximum atomic E-state index is 13.2. The molecule has 1 aromatic carbocycles. The second-order valence-corrected chi connectivity index (χ2v) is 11.7. The molecule has 0 radical (unpaired) electrons. The zero-order chi connectivity index (χ0) is 25.2. The molecule has 0 amide bonds. The molecule has 7 atom stereocenters. The third kappa shape index (κ3) is 3.02. The first kappa shape index (κ1) is 23.3. The van der Waals surface area contributed by atoms with Crippen LogP contribution >= 0.6 is 0 Å². The lowest BCUT2D eigenvalue weighted by Gasteiger charge is -2.43. The van der Waals surface area contributed by atoms with Crippen molar-refractivity contribution >= 4 is 9.84 Å². The van der Waals surface area contributed by atoms with Gasteiger partial charge in [-0.3, -0.25) is 4.98 Å². The molecule has 8 nitrogen and oxygen atoms in total. The van der Waals surface area contributed by atoms with Gasteiger partial charge in [0.05, 0.1) is 22.4 Å². The number of ether oxygens (including phenoxy) is 1. The number of nitrogens with zero attached hydrogens (tertiary/aromatic N) is 3. The average Bonchev–Trinajstić information content (AvgIpc) is 3.22. The Labute approximate surface area is 203 Å². The number of sulfone groups is 1. The fourth-order valence-electron chi connectivity index (χ4n) is 6.08. The average molecular weight is 490 g/mol. The van der Waals surface area contributed by atoms with Crippen LogP contribution in [0.4, 0.5) is 0 Å². The quantitative estimate of drug-likeness (QED) is 0.667. The van der Waals surface area contributed by atoms with Gasteiger partial charge in [0.25, 0.3) is 0 Å². The summed E-state index contributed by atoms with van der Waals surface area (Å²) in [5.74, 6) is -1.38. The Morgan fingerprint density at radius 1 is 1.09 bits per heavy atom. The van der Waals surface area contributed by atoms with Crippen molar-refractivity contribution in [2.75, 3.05) is 6.26 Å². The number of allylic oxidation sites excluding steroid dienone is 4. The minimum absolute atomic E-state index is 0.0208. The number of hydrogen-bond donors (Lipinski definition) is 2. The van der Waals surface area contributed by atoms with Crippen LogP contribution in [0.25, 0.3) is 0 Å². The molecule has 3 aliphatic rings. The summed E-state index contributed by atoms with van der Waals surface area (Å²) in [6, 6.07) is 11.8. The van der Waals surface area contributed by atoms with E-state index in [1.807, 2.05) is 37.3 Å².